The first kappa shape index (κ1) is 11.8. The van der Waals surface area contributed by atoms with Crippen molar-refractivity contribution in [1.29, 1.82) is 0 Å². The molecule has 0 saturated heterocycles. The maximum atomic E-state index is 5.47. The van der Waals surface area contributed by atoms with Crippen molar-refractivity contribution in [2.24, 2.45) is 0 Å². The molecule has 0 amide bonds. The van der Waals surface area contributed by atoms with Gasteiger partial charge in [0.1, 0.15) is 5.75 Å². The molecule has 0 fully saturated rings. The first-order valence-corrected chi connectivity index (χ1v) is 5.56. The molecule has 0 bridgehead atoms. The van der Waals surface area contributed by atoms with Gasteiger partial charge in [0, 0.05) is 0 Å². The molecule has 0 radical (unpaired) electrons. The maximum absolute atomic E-state index is 5.47. The molecule has 1 aromatic rings. The SMILES string of the molecule is C=CCc1cc(CC)c(OC)c(CC)c1. The van der Waals surface area contributed by atoms with Gasteiger partial charge in [-0.15, -0.1) is 6.58 Å². The fraction of sp³-hybridized carbons (Fsp3) is 0.429. The van der Waals surface area contributed by atoms with E-state index in [9.17, 15) is 0 Å². The molecule has 1 heteroatoms. The lowest BCUT2D eigenvalue weighted by molar-refractivity contribution is 0.405. The normalized spacial score (nSPS) is 10.1. The van der Waals surface area contributed by atoms with Crippen molar-refractivity contribution >= 4 is 0 Å². The second kappa shape index (κ2) is 5.59. The van der Waals surface area contributed by atoms with Gasteiger partial charge < -0.3 is 4.74 Å². The molecule has 0 aliphatic heterocycles. The Balaban J connectivity index is 3.22. The molecule has 1 rings (SSSR count). The van der Waals surface area contributed by atoms with Gasteiger partial charge in [-0.2, -0.15) is 0 Å². The molecule has 0 N–H and O–H groups in total. The average molecular weight is 204 g/mol. The van der Waals surface area contributed by atoms with E-state index in [4.69, 9.17) is 4.74 Å². The highest BCUT2D eigenvalue weighted by Crippen LogP contribution is 2.27. The Kier molecular flexibility index (Phi) is 4.41. The minimum absolute atomic E-state index is 0.935. The van der Waals surface area contributed by atoms with Gasteiger partial charge in [0.25, 0.3) is 0 Å². The van der Waals surface area contributed by atoms with Gasteiger partial charge in [0.2, 0.25) is 0 Å². The van der Waals surface area contributed by atoms with Crippen LogP contribution in [-0.4, -0.2) is 7.11 Å². The molecule has 0 saturated carbocycles. The minimum atomic E-state index is 0.935. The smallest absolute Gasteiger partial charge is 0.125 e. The lowest BCUT2D eigenvalue weighted by Gasteiger charge is -2.13. The van der Waals surface area contributed by atoms with Gasteiger partial charge in [-0.25, -0.2) is 0 Å². The van der Waals surface area contributed by atoms with E-state index >= 15 is 0 Å². The molecule has 82 valence electrons. The van der Waals surface area contributed by atoms with Crippen LogP contribution in [0.3, 0.4) is 0 Å². The average Bonchev–Trinajstić information content (AvgIpc) is 2.28. The van der Waals surface area contributed by atoms with E-state index in [0.717, 1.165) is 25.0 Å². The molecule has 0 atom stereocenters. The van der Waals surface area contributed by atoms with E-state index in [1.165, 1.54) is 16.7 Å². The summed E-state index contributed by atoms with van der Waals surface area (Å²) in [5, 5.41) is 0. The Morgan fingerprint density at radius 3 is 2.07 bits per heavy atom. The second-order valence-corrected chi connectivity index (χ2v) is 3.65. The molecule has 0 spiro atoms. The fourth-order valence-corrected chi connectivity index (χ4v) is 1.90. The van der Waals surface area contributed by atoms with Crippen LogP contribution in [0.15, 0.2) is 24.8 Å². The summed E-state index contributed by atoms with van der Waals surface area (Å²) in [5.74, 6) is 1.06. The highest BCUT2D eigenvalue weighted by Gasteiger charge is 2.08. The number of allylic oxidation sites excluding steroid dienone is 1. The van der Waals surface area contributed by atoms with Gasteiger partial charge in [-0.1, -0.05) is 32.1 Å². The number of methoxy groups -OCH3 is 1. The first-order valence-electron chi connectivity index (χ1n) is 5.56. The summed E-state index contributed by atoms with van der Waals surface area (Å²) in [5.41, 5.74) is 3.93. The molecular weight excluding hydrogens is 184 g/mol. The van der Waals surface area contributed by atoms with Crippen molar-refractivity contribution in [2.75, 3.05) is 7.11 Å². The predicted octanol–water partition coefficient (Wildman–Crippen LogP) is 3.55. The predicted molar refractivity (Wildman–Crippen MR) is 65.7 cm³/mol. The molecule has 15 heavy (non-hydrogen) atoms. The lowest BCUT2D eigenvalue weighted by atomic mass is 9.99. The molecular formula is C14H20O. The van der Waals surface area contributed by atoms with Crippen LogP contribution in [0.2, 0.25) is 0 Å². The summed E-state index contributed by atoms with van der Waals surface area (Å²) in [7, 11) is 1.75. The zero-order valence-electron chi connectivity index (χ0n) is 9.97. The third-order valence-corrected chi connectivity index (χ3v) is 2.65. The third-order valence-electron chi connectivity index (χ3n) is 2.65. The Morgan fingerprint density at radius 2 is 1.73 bits per heavy atom. The van der Waals surface area contributed by atoms with Crippen LogP contribution in [0.4, 0.5) is 0 Å². The van der Waals surface area contributed by atoms with Gasteiger partial charge in [0.15, 0.2) is 0 Å². The molecule has 0 aliphatic rings. The van der Waals surface area contributed by atoms with E-state index in [0.29, 0.717) is 0 Å². The summed E-state index contributed by atoms with van der Waals surface area (Å²) in [6.07, 6.45) is 4.91. The number of benzene rings is 1. The molecule has 0 aliphatic carbocycles. The van der Waals surface area contributed by atoms with Crippen molar-refractivity contribution in [3.63, 3.8) is 0 Å². The van der Waals surface area contributed by atoms with Crippen molar-refractivity contribution in [3.05, 3.63) is 41.5 Å². The van der Waals surface area contributed by atoms with Crippen LogP contribution >= 0.6 is 0 Å². The van der Waals surface area contributed by atoms with Crippen LogP contribution in [0.25, 0.3) is 0 Å². The van der Waals surface area contributed by atoms with Crippen LogP contribution in [0, 0.1) is 0 Å². The summed E-state index contributed by atoms with van der Waals surface area (Å²) in [6.45, 7) is 8.10. The van der Waals surface area contributed by atoms with Crippen molar-refractivity contribution in [1.82, 2.24) is 0 Å². The lowest BCUT2D eigenvalue weighted by Crippen LogP contribution is -1.98. The van der Waals surface area contributed by atoms with E-state index in [1.54, 1.807) is 7.11 Å². The largest absolute Gasteiger partial charge is 0.496 e. The van der Waals surface area contributed by atoms with Crippen molar-refractivity contribution in [3.8, 4) is 5.75 Å². The Morgan fingerprint density at radius 1 is 1.20 bits per heavy atom. The number of rotatable bonds is 5. The van der Waals surface area contributed by atoms with Crippen molar-refractivity contribution in [2.45, 2.75) is 33.1 Å². The number of hydrogen-bond acceptors (Lipinski definition) is 1. The standard InChI is InChI=1S/C14H20O/c1-5-8-11-9-12(6-2)14(15-4)13(7-3)10-11/h5,9-10H,1,6-8H2,2-4H3. The molecule has 1 nitrogen and oxygen atoms in total. The second-order valence-electron chi connectivity index (χ2n) is 3.65. The Labute approximate surface area is 92.8 Å². The van der Waals surface area contributed by atoms with Gasteiger partial charge >= 0.3 is 0 Å². The van der Waals surface area contributed by atoms with Crippen LogP contribution in [0.1, 0.15) is 30.5 Å². The highest BCUT2D eigenvalue weighted by atomic mass is 16.5. The Hall–Kier alpha value is -1.24. The summed E-state index contributed by atoms with van der Waals surface area (Å²) in [4.78, 5) is 0. The van der Waals surface area contributed by atoms with E-state index < -0.39 is 0 Å². The minimum Gasteiger partial charge on any atom is -0.496 e. The number of aryl methyl sites for hydroxylation is 2. The van der Waals surface area contributed by atoms with Crippen LogP contribution in [0.5, 0.6) is 5.75 Å². The monoisotopic (exact) mass is 204 g/mol. The molecule has 1 aromatic carbocycles. The van der Waals surface area contributed by atoms with E-state index in [1.807, 2.05) is 6.08 Å². The van der Waals surface area contributed by atoms with Crippen molar-refractivity contribution < 1.29 is 4.74 Å². The summed E-state index contributed by atoms with van der Waals surface area (Å²) in [6, 6.07) is 4.44. The summed E-state index contributed by atoms with van der Waals surface area (Å²) >= 11 is 0. The molecule has 0 aromatic heterocycles. The van der Waals surface area contributed by atoms with E-state index in [-0.39, 0.29) is 0 Å². The first-order chi connectivity index (χ1) is 7.26. The van der Waals surface area contributed by atoms with Gasteiger partial charge in [-0.05, 0) is 36.0 Å². The zero-order chi connectivity index (χ0) is 11.3. The fourth-order valence-electron chi connectivity index (χ4n) is 1.90. The van der Waals surface area contributed by atoms with Crippen LogP contribution < -0.4 is 4.74 Å². The third kappa shape index (κ3) is 2.62. The van der Waals surface area contributed by atoms with Gasteiger partial charge in [0.05, 0.1) is 7.11 Å². The summed E-state index contributed by atoms with van der Waals surface area (Å²) < 4.78 is 5.47. The zero-order valence-corrected chi connectivity index (χ0v) is 9.97. The Bertz CT molecular complexity index is 314. The van der Waals surface area contributed by atoms with E-state index in [2.05, 4.69) is 32.6 Å². The molecule has 0 unspecified atom stereocenters. The number of hydrogen-bond donors (Lipinski definition) is 0. The quantitative estimate of drug-likeness (QED) is 0.666. The molecule has 0 heterocycles. The highest BCUT2D eigenvalue weighted by molar-refractivity contribution is 5.45. The van der Waals surface area contributed by atoms with Crippen LogP contribution in [-0.2, 0) is 19.3 Å². The van der Waals surface area contributed by atoms with Gasteiger partial charge in [-0.3, -0.25) is 0 Å². The topological polar surface area (TPSA) is 9.23 Å². The maximum Gasteiger partial charge on any atom is 0.125 e. The number of ether oxygens (including phenoxy) is 1.